The van der Waals surface area contributed by atoms with Gasteiger partial charge in [0.15, 0.2) is 0 Å². The number of carboxylic acids is 1. The van der Waals surface area contributed by atoms with Crippen LogP contribution in [-0.2, 0) is 9.59 Å². The van der Waals surface area contributed by atoms with Gasteiger partial charge in [-0.2, -0.15) is 0 Å². The van der Waals surface area contributed by atoms with E-state index in [2.05, 4.69) is 0 Å². The Morgan fingerprint density at radius 3 is 2.55 bits per heavy atom. The molecule has 1 heterocycles. The Bertz CT molecular complexity index is 486. The summed E-state index contributed by atoms with van der Waals surface area (Å²) in [6.07, 6.45) is 1.42. The SMILES string of the molecule is CC1CCN(C(=O)[C@@H](C)c2ccccc2)C(C(=O)O)C1. The van der Waals surface area contributed by atoms with E-state index in [-0.39, 0.29) is 11.8 Å². The first kappa shape index (κ1) is 14.6. The zero-order valence-corrected chi connectivity index (χ0v) is 12.0. The van der Waals surface area contributed by atoms with Crippen molar-refractivity contribution >= 4 is 11.9 Å². The molecule has 1 aliphatic heterocycles. The minimum atomic E-state index is -0.898. The van der Waals surface area contributed by atoms with E-state index >= 15 is 0 Å². The Morgan fingerprint density at radius 1 is 1.30 bits per heavy atom. The minimum Gasteiger partial charge on any atom is -0.480 e. The molecule has 1 fully saturated rings. The molecule has 4 heteroatoms. The summed E-state index contributed by atoms with van der Waals surface area (Å²) in [6.45, 7) is 4.42. The van der Waals surface area contributed by atoms with Crippen LogP contribution >= 0.6 is 0 Å². The lowest BCUT2D eigenvalue weighted by molar-refractivity contribution is -0.153. The van der Waals surface area contributed by atoms with E-state index in [4.69, 9.17) is 0 Å². The van der Waals surface area contributed by atoms with Crippen molar-refractivity contribution in [1.29, 1.82) is 0 Å². The second kappa shape index (κ2) is 6.07. The van der Waals surface area contributed by atoms with Crippen LogP contribution in [0.15, 0.2) is 30.3 Å². The Hall–Kier alpha value is -1.84. The summed E-state index contributed by atoms with van der Waals surface area (Å²) in [5.41, 5.74) is 0.931. The lowest BCUT2D eigenvalue weighted by Gasteiger charge is -2.37. The van der Waals surface area contributed by atoms with Gasteiger partial charge in [-0.3, -0.25) is 4.79 Å². The third-order valence-corrected chi connectivity index (χ3v) is 4.10. The van der Waals surface area contributed by atoms with Gasteiger partial charge in [-0.25, -0.2) is 4.79 Å². The molecule has 3 atom stereocenters. The second-order valence-corrected chi connectivity index (χ2v) is 5.65. The fourth-order valence-electron chi connectivity index (χ4n) is 2.77. The van der Waals surface area contributed by atoms with Gasteiger partial charge in [0, 0.05) is 6.54 Å². The maximum atomic E-state index is 12.6. The summed E-state index contributed by atoms with van der Waals surface area (Å²) >= 11 is 0. The van der Waals surface area contributed by atoms with Crippen molar-refractivity contribution in [2.45, 2.75) is 38.6 Å². The second-order valence-electron chi connectivity index (χ2n) is 5.65. The number of amides is 1. The van der Waals surface area contributed by atoms with Gasteiger partial charge in [-0.1, -0.05) is 37.3 Å². The topological polar surface area (TPSA) is 57.6 Å². The summed E-state index contributed by atoms with van der Waals surface area (Å²) in [7, 11) is 0. The standard InChI is InChI=1S/C16H21NO3/c1-11-8-9-17(14(10-11)16(19)20)15(18)12(2)13-6-4-3-5-7-13/h3-7,11-12,14H,8-10H2,1-2H3,(H,19,20)/t11?,12-,14?/m0/s1. The van der Waals surface area contributed by atoms with Crippen LogP contribution in [0, 0.1) is 5.92 Å². The van der Waals surface area contributed by atoms with Crippen molar-refractivity contribution < 1.29 is 14.7 Å². The van der Waals surface area contributed by atoms with Gasteiger partial charge in [0.1, 0.15) is 6.04 Å². The van der Waals surface area contributed by atoms with Crippen LogP contribution in [0.2, 0.25) is 0 Å². The van der Waals surface area contributed by atoms with E-state index in [1.54, 1.807) is 4.90 Å². The fraction of sp³-hybridized carbons (Fsp3) is 0.500. The molecular formula is C16H21NO3. The van der Waals surface area contributed by atoms with Gasteiger partial charge < -0.3 is 10.0 Å². The highest BCUT2D eigenvalue weighted by molar-refractivity contribution is 5.88. The number of piperidine rings is 1. The number of aliphatic carboxylic acids is 1. The van der Waals surface area contributed by atoms with Crippen molar-refractivity contribution in [1.82, 2.24) is 4.90 Å². The van der Waals surface area contributed by atoms with Crippen LogP contribution in [0.25, 0.3) is 0 Å². The molecule has 0 saturated carbocycles. The number of nitrogens with zero attached hydrogens (tertiary/aromatic N) is 1. The molecule has 1 aromatic carbocycles. The first-order valence-electron chi connectivity index (χ1n) is 7.09. The Kier molecular flexibility index (Phi) is 4.42. The predicted molar refractivity (Wildman–Crippen MR) is 76.4 cm³/mol. The average molecular weight is 275 g/mol. The number of benzene rings is 1. The van der Waals surface area contributed by atoms with Gasteiger partial charge >= 0.3 is 5.97 Å². The van der Waals surface area contributed by atoms with Gasteiger partial charge in [0.2, 0.25) is 5.91 Å². The highest BCUT2D eigenvalue weighted by Gasteiger charge is 2.36. The number of hydrogen-bond acceptors (Lipinski definition) is 2. The van der Waals surface area contributed by atoms with Crippen molar-refractivity contribution in [3.8, 4) is 0 Å². The number of carboxylic acid groups (broad SMARTS) is 1. The molecule has 1 amide bonds. The predicted octanol–water partition coefficient (Wildman–Crippen LogP) is 2.50. The first-order chi connectivity index (χ1) is 9.50. The summed E-state index contributed by atoms with van der Waals surface area (Å²) in [6, 6.07) is 8.83. The summed E-state index contributed by atoms with van der Waals surface area (Å²) in [5.74, 6) is -0.931. The molecule has 108 valence electrons. The van der Waals surface area contributed by atoms with Gasteiger partial charge in [-0.15, -0.1) is 0 Å². The zero-order chi connectivity index (χ0) is 14.7. The lowest BCUT2D eigenvalue weighted by atomic mass is 9.90. The quantitative estimate of drug-likeness (QED) is 0.922. The third-order valence-electron chi connectivity index (χ3n) is 4.10. The molecule has 0 radical (unpaired) electrons. The molecule has 0 bridgehead atoms. The van der Waals surface area contributed by atoms with Crippen LogP contribution in [0.5, 0.6) is 0 Å². The average Bonchev–Trinajstić information content (AvgIpc) is 2.46. The smallest absolute Gasteiger partial charge is 0.326 e. The van der Waals surface area contributed by atoms with E-state index in [1.165, 1.54) is 0 Å². The van der Waals surface area contributed by atoms with Crippen molar-refractivity contribution in [2.24, 2.45) is 5.92 Å². The summed E-state index contributed by atoms with van der Waals surface area (Å²) in [4.78, 5) is 25.5. The monoisotopic (exact) mass is 275 g/mol. The van der Waals surface area contributed by atoms with E-state index < -0.39 is 12.0 Å². The first-order valence-corrected chi connectivity index (χ1v) is 7.09. The molecule has 4 nitrogen and oxygen atoms in total. The summed E-state index contributed by atoms with van der Waals surface area (Å²) in [5, 5.41) is 9.33. The molecule has 1 saturated heterocycles. The number of carbonyl (C=O) groups excluding carboxylic acids is 1. The normalized spacial score (nSPS) is 24.2. The highest BCUT2D eigenvalue weighted by Crippen LogP contribution is 2.27. The van der Waals surface area contributed by atoms with Gasteiger partial charge in [0.25, 0.3) is 0 Å². The molecule has 1 aliphatic rings. The number of likely N-dealkylation sites (tertiary alicyclic amines) is 1. The van der Waals surface area contributed by atoms with E-state index in [9.17, 15) is 14.7 Å². The van der Waals surface area contributed by atoms with Crippen LogP contribution in [0.4, 0.5) is 0 Å². The Morgan fingerprint density at radius 2 is 1.95 bits per heavy atom. The summed E-state index contributed by atoms with van der Waals surface area (Å²) < 4.78 is 0. The van der Waals surface area contributed by atoms with Gasteiger partial charge in [-0.05, 0) is 31.2 Å². The molecule has 2 rings (SSSR count). The van der Waals surface area contributed by atoms with E-state index in [0.29, 0.717) is 18.9 Å². The van der Waals surface area contributed by atoms with E-state index in [1.807, 2.05) is 44.2 Å². The lowest BCUT2D eigenvalue weighted by Crippen LogP contribution is -2.51. The van der Waals surface area contributed by atoms with Crippen LogP contribution in [-0.4, -0.2) is 34.5 Å². The number of carbonyl (C=O) groups is 2. The van der Waals surface area contributed by atoms with E-state index in [0.717, 1.165) is 12.0 Å². The third kappa shape index (κ3) is 3.00. The van der Waals surface area contributed by atoms with Crippen molar-refractivity contribution in [3.63, 3.8) is 0 Å². The molecule has 0 spiro atoms. The van der Waals surface area contributed by atoms with Gasteiger partial charge in [0.05, 0.1) is 5.92 Å². The molecular weight excluding hydrogens is 254 g/mol. The molecule has 0 aromatic heterocycles. The Labute approximate surface area is 119 Å². The Balaban J connectivity index is 2.16. The maximum Gasteiger partial charge on any atom is 0.326 e. The van der Waals surface area contributed by atoms with Crippen molar-refractivity contribution in [2.75, 3.05) is 6.54 Å². The van der Waals surface area contributed by atoms with Crippen LogP contribution in [0.3, 0.4) is 0 Å². The zero-order valence-electron chi connectivity index (χ0n) is 12.0. The minimum absolute atomic E-state index is 0.0875. The molecule has 1 aromatic rings. The fourth-order valence-corrected chi connectivity index (χ4v) is 2.77. The molecule has 0 aliphatic carbocycles. The molecule has 2 unspecified atom stereocenters. The van der Waals surface area contributed by atoms with Crippen LogP contribution < -0.4 is 0 Å². The van der Waals surface area contributed by atoms with Crippen LogP contribution in [0.1, 0.15) is 38.2 Å². The number of rotatable bonds is 3. The number of hydrogen-bond donors (Lipinski definition) is 1. The molecule has 1 N–H and O–H groups in total. The maximum absolute atomic E-state index is 12.6. The largest absolute Gasteiger partial charge is 0.480 e. The molecule has 20 heavy (non-hydrogen) atoms. The van der Waals surface area contributed by atoms with Crippen molar-refractivity contribution in [3.05, 3.63) is 35.9 Å². The highest BCUT2D eigenvalue weighted by atomic mass is 16.4.